The zero-order chi connectivity index (χ0) is 18.3. The van der Waals surface area contributed by atoms with E-state index in [0.717, 1.165) is 6.54 Å². The third kappa shape index (κ3) is 2.85. The molecule has 0 aliphatic heterocycles. The highest BCUT2D eigenvalue weighted by Crippen LogP contribution is 2.55. The number of benzene rings is 2. The van der Waals surface area contributed by atoms with Gasteiger partial charge in [-0.25, -0.2) is 0 Å². The Hall–Kier alpha value is -2.12. The lowest BCUT2D eigenvalue weighted by Gasteiger charge is -2.34. The van der Waals surface area contributed by atoms with Crippen LogP contribution in [0.1, 0.15) is 37.3 Å². The van der Waals surface area contributed by atoms with E-state index in [0.29, 0.717) is 11.8 Å². The SMILES string of the molecule is CN(C)CCC1C=CC(C(C)(C)C2c3ccccc3-c3ccccc32)=C1. The molecule has 1 nitrogen and oxygen atoms in total. The summed E-state index contributed by atoms with van der Waals surface area (Å²) in [6.07, 6.45) is 8.48. The fourth-order valence-corrected chi connectivity index (χ4v) is 4.69. The zero-order valence-corrected chi connectivity index (χ0v) is 16.4. The maximum atomic E-state index is 2.51. The molecule has 0 heterocycles. The molecule has 0 radical (unpaired) electrons. The average Bonchev–Trinajstić information content (AvgIpc) is 3.23. The minimum absolute atomic E-state index is 0.0755. The number of fused-ring (bicyclic) bond motifs is 3. The fourth-order valence-electron chi connectivity index (χ4n) is 4.69. The molecule has 4 rings (SSSR count). The van der Waals surface area contributed by atoms with Gasteiger partial charge < -0.3 is 4.90 Å². The summed E-state index contributed by atoms with van der Waals surface area (Å²) >= 11 is 0. The van der Waals surface area contributed by atoms with Crippen LogP contribution in [0.15, 0.2) is 72.3 Å². The van der Waals surface area contributed by atoms with Crippen molar-refractivity contribution in [1.82, 2.24) is 4.90 Å². The van der Waals surface area contributed by atoms with Gasteiger partial charge in [-0.15, -0.1) is 0 Å². The van der Waals surface area contributed by atoms with E-state index in [9.17, 15) is 0 Å². The predicted octanol–water partition coefficient (Wildman–Crippen LogP) is 5.89. The van der Waals surface area contributed by atoms with Crippen molar-refractivity contribution in [3.63, 3.8) is 0 Å². The molecule has 2 aromatic carbocycles. The Kier molecular flexibility index (Phi) is 4.36. The van der Waals surface area contributed by atoms with Crippen LogP contribution >= 0.6 is 0 Å². The molecule has 1 atom stereocenters. The first-order valence-corrected chi connectivity index (χ1v) is 9.72. The molecule has 26 heavy (non-hydrogen) atoms. The van der Waals surface area contributed by atoms with E-state index in [2.05, 4.69) is 99.6 Å². The van der Waals surface area contributed by atoms with Crippen molar-refractivity contribution in [3.8, 4) is 11.1 Å². The highest BCUT2D eigenvalue weighted by Gasteiger charge is 2.41. The molecule has 0 saturated carbocycles. The van der Waals surface area contributed by atoms with Gasteiger partial charge in [-0.1, -0.05) is 80.6 Å². The summed E-state index contributed by atoms with van der Waals surface area (Å²) in [6, 6.07) is 17.9. The average molecular weight is 344 g/mol. The van der Waals surface area contributed by atoms with Gasteiger partial charge in [0.05, 0.1) is 0 Å². The number of allylic oxidation sites excluding steroid dienone is 4. The summed E-state index contributed by atoms with van der Waals surface area (Å²) in [5, 5.41) is 0. The van der Waals surface area contributed by atoms with Crippen molar-refractivity contribution in [2.75, 3.05) is 20.6 Å². The number of hydrogen-bond acceptors (Lipinski definition) is 1. The van der Waals surface area contributed by atoms with E-state index in [1.54, 1.807) is 0 Å². The Labute approximate surface area is 158 Å². The molecule has 0 N–H and O–H groups in total. The summed E-state index contributed by atoms with van der Waals surface area (Å²) in [5.74, 6) is 0.983. The fraction of sp³-hybridized carbons (Fsp3) is 0.360. The van der Waals surface area contributed by atoms with Crippen molar-refractivity contribution in [3.05, 3.63) is 83.5 Å². The molecule has 2 aromatic rings. The standard InChI is InChI=1S/C25H29N/c1-25(2,19-14-13-18(17-19)15-16-26(3)4)24-22-11-7-5-9-20(22)21-10-6-8-12-23(21)24/h5-14,17-18,24H,15-16H2,1-4H3. The molecule has 0 amide bonds. The second-order valence-electron chi connectivity index (χ2n) is 8.57. The minimum Gasteiger partial charge on any atom is -0.309 e. The summed E-state index contributed by atoms with van der Waals surface area (Å²) in [4.78, 5) is 2.27. The molecule has 2 aliphatic carbocycles. The van der Waals surface area contributed by atoms with E-state index in [-0.39, 0.29) is 5.41 Å². The quantitative estimate of drug-likeness (QED) is 0.654. The Balaban J connectivity index is 1.71. The number of rotatable bonds is 5. The normalized spacial score (nSPS) is 19.0. The maximum Gasteiger partial charge on any atom is 0.0193 e. The van der Waals surface area contributed by atoms with Gasteiger partial charge in [0.1, 0.15) is 0 Å². The third-order valence-corrected chi connectivity index (χ3v) is 6.13. The second-order valence-corrected chi connectivity index (χ2v) is 8.57. The van der Waals surface area contributed by atoms with Crippen LogP contribution in [0.25, 0.3) is 11.1 Å². The van der Waals surface area contributed by atoms with Gasteiger partial charge >= 0.3 is 0 Å². The van der Waals surface area contributed by atoms with Crippen LogP contribution in [0.4, 0.5) is 0 Å². The van der Waals surface area contributed by atoms with E-state index >= 15 is 0 Å². The molecule has 0 spiro atoms. The summed E-state index contributed by atoms with van der Waals surface area (Å²) in [6.45, 7) is 5.97. The van der Waals surface area contributed by atoms with E-state index in [4.69, 9.17) is 0 Å². The summed E-state index contributed by atoms with van der Waals surface area (Å²) in [5.41, 5.74) is 7.33. The number of hydrogen-bond donors (Lipinski definition) is 0. The molecule has 2 aliphatic rings. The van der Waals surface area contributed by atoms with Crippen molar-refractivity contribution in [1.29, 1.82) is 0 Å². The molecular formula is C25H29N. The minimum atomic E-state index is 0.0755. The van der Waals surface area contributed by atoms with Crippen molar-refractivity contribution in [2.24, 2.45) is 11.3 Å². The molecule has 0 fully saturated rings. The molecule has 0 bridgehead atoms. The Morgan fingerprint density at radius 1 is 0.885 bits per heavy atom. The lowest BCUT2D eigenvalue weighted by Crippen LogP contribution is -2.23. The maximum absolute atomic E-state index is 2.51. The van der Waals surface area contributed by atoms with E-state index in [1.807, 2.05) is 0 Å². The van der Waals surface area contributed by atoms with Gasteiger partial charge in [0.15, 0.2) is 0 Å². The van der Waals surface area contributed by atoms with Gasteiger partial charge in [-0.3, -0.25) is 0 Å². The second kappa shape index (κ2) is 6.55. The molecular weight excluding hydrogens is 314 g/mol. The number of nitrogens with zero attached hydrogens (tertiary/aromatic N) is 1. The highest BCUT2D eigenvalue weighted by molar-refractivity contribution is 5.79. The van der Waals surface area contributed by atoms with Crippen LogP contribution in [0.2, 0.25) is 0 Å². The van der Waals surface area contributed by atoms with Crippen LogP contribution in [0.3, 0.4) is 0 Å². The smallest absolute Gasteiger partial charge is 0.0193 e. The first-order chi connectivity index (χ1) is 12.5. The highest BCUT2D eigenvalue weighted by atomic mass is 15.0. The van der Waals surface area contributed by atoms with Gasteiger partial charge in [-0.2, -0.15) is 0 Å². The molecule has 0 saturated heterocycles. The Bertz CT molecular complexity index is 824. The van der Waals surface area contributed by atoms with Crippen LogP contribution < -0.4 is 0 Å². The lowest BCUT2D eigenvalue weighted by atomic mass is 9.69. The molecule has 134 valence electrons. The molecule has 0 aromatic heterocycles. The summed E-state index contributed by atoms with van der Waals surface area (Å²) < 4.78 is 0. The van der Waals surface area contributed by atoms with Crippen molar-refractivity contribution < 1.29 is 0 Å². The van der Waals surface area contributed by atoms with Gasteiger partial charge in [0.25, 0.3) is 0 Å². The van der Waals surface area contributed by atoms with Crippen LogP contribution in [-0.4, -0.2) is 25.5 Å². The van der Waals surface area contributed by atoms with Crippen molar-refractivity contribution >= 4 is 0 Å². The van der Waals surface area contributed by atoms with Gasteiger partial charge in [0.2, 0.25) is 0 Å². The Morgan fingerprint density at radius 2 is 1.46 bits per heavy atom. The first-order valence-electron chi connectivity index (χ1n) is 9.72. The summed E-state index contributed by atoms with van der Waals surface area (Å²) in [7, 11) is 4.30. The lowest BCUT2D eigenvalue weighted by molar-refractivity contribution is 0.384. The van der Waals surface area contributed by atoms with Crippen LogP contribution in [0.5, 0.6) is 0 Å². The van der Waals surface area contributed by atoms with Crippen LogP contribution in [-0.2, 0) is 0 Å². The first kappa shape index (κ1) is 17.3. The monoisotopic (exact) mass is 343 g/mol. The van der Waals surface area contributed by atoms with Gasteiger partial charge in [-0.05, 0) is 60.8 Å². The third-order valence-electron chi connectivity index (χ3n) is 6.13. The van der Waals surface area contributed by atoms with Crippen molar-refractivity contribution in [2.45, 2.75) is 26.2 Å². The Morgan fingerprint density at radius 3 is 2.04 bits per heavy atom. The zero-order valence-electron chi connectivity index (χ0n) is 16.4. The van der Waals surface area contributed by atoms with Crippen LogP contribution in [0, 0.1) is 11.3 Å². The topological polar surface area (TPSA) is 3.24 Å². The van der Waals surface area contributed by atoms with E-state index < -0.39 is 0 Å². The molecule has 1 heteroatoms. The van der Waals surface area contributed by atoms with Gasteiger partial charge in [0, 0.05) is 11.3 Å². The van der Waals surface area contributed by atoms with E-state index in [1.165, 1.54) is 34.2 Å². The largest absolute Gasteiger partial charge is 0.309 e. The molecule has 1 unspecified atom stereocenters. The predicted molar refractivity (Wildman–Crippen MR) is 111 cm³/mol.